The first-order valence-electron chi connectivity index (χ1n) is 4.70. The number of benzene rings is 2. The summed E-state index contributed by atoms with van der Waals surface area (Å²) < 4.78 is 12.8. The highest BCUT2D eigenvalue weighted by Gasteiger charge is 2.05. The first-order chi connectivity index (χ1) is 7.70. The van der Waals surface area contributed by atoms with Gasteiger partial charge in [-0.2, -0.15) is 5.26 Å². The van der Waals surface area contributed by atoms with Crippen molar-refractivity contribution in [2.24, 2.45) is 0 Å². The maximum Gasteiger partial charge on any atom is 0.126 e. The summed E-state index contributed by atoms with van der Waals surface area (Å²) in [4.78, 5) is 0. The average Bonchev–Trinajstić information content (AvgIpc) is 2.29. The van der Waals surface area contributed by atoms with Gasteiger partial charge in [-0.3, -0.25) is 0 Å². The van der Waals surface area contributed by atoms with Gasteiger partial charge in [-0.25, -0.2) is 4.39 Å². The van der Waals surface area contributed by atoms with Crippen molar-refractivity contribution in [2.75, 3.05) is 0 Å². The smallest absolute Gasteiger partial charge is 0.126 e. The third-order valence-electron chi connectivity index (χ3n) is 2.26. The Hall–Kier alpha value is -2.34. The van der Waals surface area contributed by atoms with Gasteiger partial charge in [0.1, 0.15) is 11.6 Å². The van der Waals surface area contributed by atoms with Crippen LogP contribution in [0.3, 0.4) is 0 Å². The molecule has 0 spiro atoms. The van der Waals surface area contributed by atoms with Gasteiger partial charge >= 0.3 is 0 Å². The number of nitriles is 1. The van der Waals surface area contributed by atoms with Gasteiger partial charge in [-0.1, -0.05) is 12.1 Å². The largest absolute Gasteiger partial charge is 0.507 e. The number of halogens is 1. The highest BCUT2D eigenvalue weighted by atomic mass is 19.1. The SMILES string of the molecule is N#Cc1cccc(-c2ccc(F)cc2O)c1. The number of hydrogen-bond acceptors (Lipinski definition) is 2. The van der Waals surface area contributed by atoms with Gasteiger partial charge in [0.25, 0.3) is 0 Å². The van der Waals surface area contributed by atoms with Gasteiger partial charge in [0.05, 0.1) is 11.6 Å². The van der Waals surface area contributed by atoms with Crippen molar-refractivity contribution >= 4 is 0 Å². The first-order valence-corrected chi connectivity index (χ1v) is 4.70. The van der Waals surface area contributed by atoms with Crippen molar-refractivity contribution in [1.29, 1.82) is 5.26 Å². The predicted molar refractivity (Wildman–Crippen MR) is 58.2 cm³/mol. The summed E-state index contributed by atoms with van der Waals surface area (Å²) in [5.74, 6) is -0.618. The molecule has 0 fully saturated rings. The number of hydrogen-bond donors (Lipinski definition) is 1. The minimum absolute atomic E-state index is 0.130. The third-order valence-corrected chi connectivity index (χ3v) is 2.26. The molecule has 0 amide bonds. The number of rotatable bonds is 1. The lowest BCUT2D eigenvalue weighted by Gasteiger charge is -2.04. The van der Waals surface area contributed by atoms with Crippen LogP contribution in [-0.2, 0) is 0 Å². The van der Waals surface area contributed by atoms with E-state index in [9.17, 15) is 9.50 Å². The molecule has 0 saturated carbocycles. The molecule has 2 nitrogen and oxygen atoms in total. The van der Waals surface area contributed by atoms with E-state index in [0.717, 1.165) is 6.07 Å². The van der Waals surface area contributed by atoms with Crippen LogP contribution < -0.4 is 0 Å². The number of phenolic OH excluding ortho intramolecular Hbond substituents is 1. The summed E-state index contributed by atoms with van der Waals surface area (Å²) >= 11 is 0. The molecule has 0 aliphatic carbocycles. The standard InChI is InChI=1S/C13H8FNO/c14-11-4-5-12(13(16)7-11)10-3-1-2-9(6-10)8-15/h1-7,16H. The molecule has 0 radical (unpaired) electrons. The van der Waals surface area contributed by atoms with E-state index in [2.05, 4.69) is 0 Å². The molecule has 0 aliphatic heterocycles. The molecule has 0 aromatic heterocycles. The molecule has 2 rings (SSSR count). The van der Waals surface area contributed by atoms with Crippen LogP contribution in [0.15, 0.2) is 42.5 Å². The Balaban J connectivity index is 2.55. The third kappa shape index (κ3) is 1.86. The normalized spacial score (nSPS) is 9.75. The van der Waals surface area contributed by atoms with E-state index in [4.69, 9.17) is 5.26 Å². The van der Waals surface area contributed by atoms with Crippen LogP contribution in [0.1, 0.15) is 5.56 Å². The van der Waals surface area contributed by atoms with Crippen LogP contribution in [0.25, 0.3) is 11.1 Å². The Morgan fingerprint density at radius 2 is 1.94 bits per heavy atom. The zero-order valence-corrected chi connectivity index (χ0v) is 8.31. The van der Waals surface area contributed by atoms with E-state index in [1.165, 1.54) is 12.1 Å². The van der Waals surface area contributed by atoms with E-state index < -0.39 is 5.82 Å². The highest BCUT2D eigenvalue weighted by molar-refractivity contribution is 5.71. The van der Waals surface area contributed by atoms with Crippen molar-refractivity contribution in [3.05, 3.63) is 53.8 Å². The van der Waals surface area contributed by atoms with Crippen LogP contribution in [0.2, 0.25) is 0 Å². The van der Waals surface area contributed by atoms with Crippen LogP contribution in [0, 0.1) is 17.1 Å². The molecule has 1 N–H and O–H groups in total. The van der Waals surface area contributed by atoms with Gasteiger partial charge in [0.15, 0.2) is 0 Å². The van der Waals surface area contributed by atoms with Gasteiger partial charge in [0.2, 0.25) is 0 Å². The topological polar surface area (TPSA) is 44.0 Å². The van der Waals surface area contributed by atoms with Gasteiger partial charge in [-0.15, -0.1) is 0 Å². The fourth-order valence-corrected chi connectivity index (χ4v) is 1.51. The summed E-state index contributed by atoms with van der Waals surface area (Å²) in [7, 11) is 0. The van der Waals surface area contributed by atoms with Crippen molar-refractivity contribution < 1.29 is 9.50 Å². The second kappa shape index (κ2) is 4.03. The Morgan fingerprint density at radius 1 is 1.12 bits per heavy atom. The monoisotopic (exact) mass is 213 g/mol. The van der Waals surface area contributed by atoms with E-state index in [0.29, 0.717) is 16.7 Å². The zero-order valence-electron chi connectivity index (χ0n) is 8.31. The molecule has 78 valence electrons. The molecular weight excluding hydrogens is 205 g/mol. The Kier molecular flexibility index (Phi) is 2.57. The van der Waals surface area contributed by atoms with E-state index >= 15 is 0 Å². The molecule has 0 unspecified atom stereocenters. The van der Waals surface area contributed by atoms with Crippen LogP contribution >= 0.6 is 0 Å². The molecule has 2 aromatic rings. The average molecular weight is 213 g/mol. The quantitative estimate of drug-likeness (QED) is 0.791. The molecule has 0 atom stereocenters. The van der Waals surface area contributed by atoms with Gasteiger partial charge < -0.3 is 5.11 Å². The molecule has 0 heterocycles. The highest BCUT2D eigenvalue weighted by Crippen LogP contribution is 2.29. The van der Waals surface area contributed by atoms with E-state index in [-0.39, 0.29) is 5.75 Å². The zero-order chi connectivity index (χ0) is 11.5. The second-order valence-corrected chi connectivity index (χ2v) is 3.35. The lowest BCUT2D eigenvalue weighted by molar-refractivity contribution is 0.471. The summed E-state index contributed by atoms with van der Waals surface area (Å²) in [6, 6.07) is 12.6. The molecule has 16 heavy (non-hydrogen) atoms. The van der Waals surface area contributed by atoms with Crippen LogP contribution in [0.5, 0.6) is 5.75 Å². The summed E-state index contributed by atoms with van der Waals surface area (Å²) in [6.45, 7) is 0. The van der Waals surface area contributed by atoms with Crippen molar-refractivity contribution in [2.45, 2.75) is 0 Å². The number of nitrogens with zero attached hydrogens (tertiary/aromatic N) is 1. The maximum atomic E-state index is 12.8. The lowest BCUT2D eigenvalue weighted by Crippen LogP contribution is -1.82. The first kappa shape index (κ1) is 10.2. The van der Waals surface area contributed by atoms with Crippen molar-refractivity contribution in [1.82, 2.24) is 0 Å². The molecule has 0 bridgehead atoms. The minimum atomic E-state index is -0.488. The fourth-order valence-electron chi connectivity index (χ4n) is 1.51. The van der Waals surface area contributed by atoms with E-state index in [1.54, 1.807) is 24.3 Å². The van der Waals surface area contributed by atoms with Crippen molar-refractivity contribution in [3.8, 4) is 22.9 Å². The second-order valence-electron chi connectivity index (χ2n) is 3.35. The van der Waals surface area contributed by atoms with Crippen LogP contribution in [0.4, 0.5) is 4.39 Å². The molecule has 3 heteroatoms. The predicted octanol–water partition coefficient (Wildman–Crippen LogP) is 3.07. The van der Waals surface area contributed by atoms with E-state index in [1.807, 2.05) is 6.07 Å². The summed E-state index contributed by atoms with van der Waals surface area (Å²) in [5, 5.41) is 18.3. The minimum Gasteiger partial charge on any atom is -0.507 e. The summed E-state index contributed by atoms with van der Waals surface area (Å²) in [5.41, 5.74) is 1.70. The lowest BCUT2D eigenvalue weighted by atomic mass is 10.0. The Bertz CT molecular complexity index is 572. The number of aromatic hydroxyl groups is 1. The molecule has 0 saturated heterocycles. The Labute approximate surface area is 92.2 Å². The summed E-state index contributed by atoms with van der Waals surface area (Å²) in [6.07, 6.45) is 0. The van der Waals surface area contributed by atoms with Gasteiger partial charge in [-0.05, 0) is 29.8 Å². The fraction of sp³-hybridized carbons (Fsp3) is 0. The molecule has 2 aromatic carbocycles. The van der Waals surface area contributed by atoms with Gasteiger partial charge in [0, 0.05) is 11.6 Å². The van der Waals surface area contributed by atoms with Crippen molar-refractivity contribution in [3.63, 3.8) is 0 Å². The maximum absolute atomic E-state index is 12.8. The Morgan fingerprint density at radius 3 is 2.62 bits per heavy atom. The molecular formula is C13H8FNO. The van der Waals surface area contributed by atoms with Crippen LogP contribution in [-0.4, -0.2) is 5.11 Å². The number of phenols is 1. The molecule has 0 aliphatic rings.